The van der Waals surface area contributed by atoms with E-state index in [1.807, 2.05) is 0 Å². The van der Waals surface area contributed by atoms with E-state index in [0.717, 1.165) is 32.1 Å². The molecule has 0 saturated heterocycles. The van der Waals surface area contributed by atoms with Gasteiger partial charge in [-0.3, -0.25) is 10.1 Å². The number of hydrogen-bond donors (Lipinski definition) is 2. The van der Waals surface area contributed by atoms with Crippen molar-refractivity contribution in [2.45, 2.75) is 48.8 Å². The van der Waals surface area contributed by atoms with Crippen molar-refractivity contribution in [3.63, 3.8) is 0 Å². The van der Waals surface area contributed by atoms with Crippen molar-refractivity contribution in [1.29, 1.82) is 0 Å². The first kappa shape index (κ1) is 20.2. The van der Waals surface area contributed by atoms with Crippen LogP contribution in [0.3, 0.4) is 0 Å². The zero-order valence-corrected chi connectivity index (χ0v) is 14.8. The topological polar surface area (TPSA) is 84.5 Å². The molecule has 0 radical (unpaired) electrons. The van der Waals surface area contributed by atoms with Crippen molar-refractivity contribution in [3.05, 3.63) is 29.8 Å². The van der Waals surface area contributed by atoms with E-state index < -0.39 is 30.3 Å². The maximum absolute atomic E-state index is 12.5. The summed E-state index contributed by atoms with van der Waals surface area (Å²) in [5.41, 5.74) is -0.0581. The summed E-state index contributed by atoms with van der Waals surface area (Å²) in [6.07, 6.45) is 4.95. The highest BCUT2D eigenvalue weighted by atomic mass is 32.2. The highest BCUT2D eigenvalue weighted by Gasteiger charge is 2.19. The van der Waals surface area contributed by atoms with Crippen molar-refractivity contribution < 1.29 is 27.9 Å². The van der Waals surface area contributed by atoms with Crippen molar-refractivity contribution in [2.75, 3.05) is 6.61 Å². The van der Waals surface area contributed by atoms with Crippen LogP contribution in [0.25, 0.3) is 0 Å². The molecule has 3 amide bonds. The molecule has 1 aliphatic rings. The number of hydrogen-bond acceptors (Lipinski definition) is 5. The smallest absolute Gasteiger partial charge is 0.339 e. The highest BCUT2D eigenvalue weighted by Crippen LogP contribution is 2.28. The lowest BCUT2D eigenvalue weighted by molar-refractivity contribution is -0.123. The third kappa shape index (κ3) is 6.62. The molecule has 1 aliphatic carbocycles. The van der Waals surface area contributed by atoms with Gasteiger partial charge in [0.05, 0.1) is 5.56 Å². The second kappa shape index (κ2) is 10.1. The Kier molecular flexibility index (Phi) is 7.83. The molecule has 6 nitrogen and oxygen atoms in total. The molecule has 2 N–H and O–H groups in total. The van der Waals surface area contributed by atoms with Crippen LogP contribution in [0.2, 0.25) is 0 Å². The van der Waals surface area contributed by atoms with E-state index in [0.29, 0.717) is 0 Å². The number of ether oxygens (including phenoxy) is 1. The molecule has 1 aromatic carbocycles. The molecule has 1 aromatic rings. The van der Waals surface area contributed by atoms with Crippen LogP contribution in [-0.4, -0.2) is 36.3 Å². The molecule has 0 unspecified atom stereocenters. The number of benzene rings is 1. The van der Waals surface area contributed by atoms with Gasteiger partial charge in [0.1, 0.15) is 0 Å². The van der Waals surface area contributed by atoms with Gasteiger partial charge in [-0.25, -0.2) is 9.59 Å². The molecule has 0 atom stereocenters. The Morgan fingerprint density at radius 1 is 1.15 bits per heavy atom. The molecule has 0 spiro atoms. The van der Waals surface area contributed by atoms with Crippen molar-refractivity contribution in [1.82, 2.24) is 10.6 Å². The quantitative estimate of drug-likeness (QED) is 0.579. The number of halogens is 2. The first-order chi connectivity index (χ1) is 12.5. The van der Waals surface area contributed by atoms with Gasteiger partial charge < -0.3 is 10.1 Å². The van der Waals surface area contributed by atoms with Crippen molar-refractivity contribution in [2.24, 2.45) is 0 Å². The highest BCUT2D eigenvalue weighted by molar-refractivity contribution is 7.99. The van der Waals surface area contributed by atoms with E-state index in [-0.39, 0.29) is 28.3 Å². The fourth-order valence-electron chi connectivity index (χ4n) is 2.67. The third-order valence-electron chi connectivity index (χ3n) is 3.85. The monoisotopic (exact) mass is 386 g/mol. The van der Waals surface area contributed by atoms with Gasteiger partial charge in [-0.1, -0.05) is 43.2 Å². The summed E-state index contributed by atoms with van der Waals surface area (Å²) in [7, 11) is 0. The lowest BCUT2D eigenvalue weighted by Crippen LogP contribution is -2.46. The van der Waals surface area contributed by atoms with E-state index in [4.69, 9.17) is 4.74 Å². The van der Waals surface area contributed by atoms with Gasteiger partial charge in [0, 0.05) is 10.9 Å². The number of urea groups is 1. The molecule has 1 fully saturated rings. The zero-order valence-electron chi connectivity index (χ0n) is 14.0. The molecule has 9 heteroatoms. The SMILES string of the molecule is O=C(COC(=O)c1ccccc1SC(F)F)NC(=O)NC1CCCCC1. The van der Waals surface area contributed by atoms with Gasteiger partial charge in [-0.15, -0.1) is 0 Å². The first-order valence-electron chi connectivity index (χ1n) is 8.27. The summed E-state index contributed by atoms with van der Waals surface area (Å²) in [6.45, 7) is -0.676. The molecule has 0 aromatic heterocycles. The molecular weight excluding hydrogens is 366 g/mol. The van der Waals surface area contributed by atoms with Crippen molar-refractivity contribution >= 4 is 29.7 Å². The van der Waals surface area contributed by atoms with E-state index in [1.165, 1.54) is 24.3 Å². The summed E-state index contributed by atoms with van der Waals surface area (Å²) in [4.78, 5) is 35.5. The van der Waals surface area contributed by atoms with Crippen LogP contribution in [0.5, 0.6) is 0 Å². The minimum absolute atomic E-state index is 0.0392. The maximum Gasteiger partial charge on any atom is 0.339 e. The fourth-order valence-corrected chi connectivity index (χ4v) is 3.30. The van der Waals surface area contributed by atoms with Gasteiger partial charge in [0.15, 0.2) is 6.61 Å². The number of thioether (sulfide) groups is 1. The molecule has 2 rings (SSSR count). The average molecular weight is 386 g/mol. The Hall–Kier alpha value is -2.16. The fraction of sp³-hybridized carbons (Fsp3) is 0.471. The van der Waals surface area contributed by atoms with E-state index in [9.17, 15) is 23.2 Å². The Morgan fingerprint density at radius 2 is 1.85 bits per heavy atom. The molecule has 1 saturated carbocycles. The molecule has 142 valence electrons. The van der Waals surface area contributed by atoms with Crippen LogP contribution in [-0.2, 0) is 9.53 Å². The van der Waals surface area contributed by atoms with Gasteiger partial charge in [0.2, 0.25) is 0 Å². The van der Waals surface area contributed by atoms with Crippen molar-refractivity contribution in [3.8, 4) is 0 Å². The Balaban J connectivity index is 1.79. The predicted octanol–water partition coefficient (Wildman–Crippen LogP) is 3.32. The summed E-state index contributed by atoms with van der Waals surface area (Å²) in [6, 6.07) is 5.13. The summed E-state index contributed by atoms with van der Waals surface area (Å²) < 4.78 is 29.8. The second-order valence-corrected chi connectivity index (χ2v) is 6.84. The van der Waals surface area contributed by atoms with Gasteiger partial charge >= 0.3 is 12.0 Å². The lowest BCUT2D eigenvalue weighted by Gasteiger charge is -2.22. The first-order valence-corrected chi connectivity index (χ1v) is 9.15. The van der Waals surface area contributed by atoms with Crippen LogP contribution in [0, 0.1) is 0 Å². The number of alkyl halides is 2. The van der Waals surface area contributed by atoms with Gasteiger partial charge in [-0.05, 0) is 25.0 Å². The molecular formula is C17H20F2N2O4S. The molecule has 0 aliphatic heterocycles. The summed E-state index contributed by atoms with van der Waals surface area (Å²) in [5.74, 6) is -4.38. The molecule has 0 bridgehead atoms. The standard InChI is InChI=1S/C17H20F2N2O4S/c18-16(19)26-13-9-5-4-8-12(13)15(23)25-10-14(22)21-17(24)20-11-6-2-1-3-7-11/h4-5,8-9,11,16H,1-3,6-7,10H2,(H2,20,21,22,24). The zero-order chi connectivity index (χ0) is 18.9. The van der Waals surface area contributed by atoms with E-state index >= 15 is 0 Å². The van der Waals surface area contributed by atoms with Gasteiger partial charge in [0.25, 0.3) is 11.7 Å². The lowest BCUT2D eigenvalue weighted by atomic mass is 9.96. The number of esters is 1. The predicted molar refractivity (Wildman–Crippen MR) is 92.1 cm³/mol. The number of carbonyl (C=O) groups is 3. The Bertz CT molecular complexity index is 651. The van der Waals surface area contributed by atoms with Crippen LogP contribution >= 0.6 is 11.8 Å². The third-order valence-corrected chi connectivity index (χ3v) is 4.64. The van der Waals surface area contributed by atoms with E-state index in [1.54, 1.807) is 0 Å². The number of carbonyl (C=O) groups excluding carboxylic acids is 3. The number of amides is 3. The number of rotatable bonds is 6. The largest absolute Gasteiger partial charge is 0.452 e. The van der Waals surface area contributed by atoms with Crippen LogP contribution < -0.4 is 10.6 Å². The molecule has 26 heavy (non-hydrogen) atoms. The van der Waals surface area contributed by atoms with Crippen LogP contribution in [0.15, 0.2) is 29.2 Å². The van der Waals surface area contributed by atoms with Crippen LogP contribution in [0.1, 0.15) is 42.5 Å². The molecule has 0 heterocycles. The minimum Gasteiger partial charge on any atom is -0.452 e. The Morgan fingerprint density at radius 3 is 2.54 bits per heavy atom. The Labute approximate surface area is 154 Å². The summed E-state index contributed by atoms with van der Waals surface area (Å²) >= 11 is 0.219. The maximum atomic E-state index is 12.5. The summed E-state index contributed by atoms with van der Waals surface area (Å²) in [5, 5.41) is 4.79. The number of nitrogens with one attached hydrogen (secondary N) is 2. The normalized spacial score (nSPS) is 14.7. The number of imide groups is 1. The minimum atomic E-state index is -2.68. The second-order valence-electron chi connectivity index (χ2n) is 5.81. The van der Waals surface area contributed by atoms with Gasteiger partial charge in [-0.2, -0.15) is 8.78 Å². The van der Waals surface area contributed by atoms with Crippen LogP contribution in [0.4, 0.5) is 13.6 Å². The average Bonchev–Trinajstić information content (AvgIpc) is 2.60. The van der Waals surface area contributed by atoms with E-state index in [2.05, 4.69) is 10.6 Å².